The van der Waals surface area contributed by atoms with Crippen molar-refractivity contribution >= 4 is 17.3 Å². The zero-order valence-corrected chi connectivity index (χ0v) is 9.64. The molecule has 0 aliphatic rings. The Labute approximate surface area is 98.5 Å². The Bertz CT molecular complexity index is 561. The van der Waals surface area contributed by atoms with E-state index in [1.54, 1.807) is 31.7 Å². The number of anilines is 2. The second-order valence-electron chi connectivity index (χ2n) is 3.75. The molecule has 6 heteroatoms. The first-order chi connectivity index (χ1) is 8.08. The molecule has 2 heterocycles. The number of amides is 1. The fourth-order valence-corrected chi connectivity index (χ4v) is 1.48. The predicted molar refractivity (Wildman–Crippen MR) is 64.5 cm³/mol. The lowest BCUT2D eigenvalue weighted by Crippen LogP contribution is -2.15. The lowest BCUT2D eigenvalue weighted by Gasteiger charge is -2.06. The summed E-state index contributed by atoms with van der Waals surface area (Å²) in [5, 5.41) is 6.75. The maximum absolute atomic E-state index is 11.9. The summed E-state index contributed by atoms with van der Waals surface area (Å²) in [4.78, 5) is 15.9. The van der Waals surface area contributed by atoms with E-state index in [1.807, 2.05) is 6.92 Å². The van der Waals surface area contributed by atoms with Crippen molar-refractivity contribution in [3.63, 3.8) is 0 Å². The van der Waals surface area contributed by atoms with Crippen LogP contribution in [0.1, 0.15) is 16.1 Å². The van der Waals surface area contributed by atoms with Crippen LogP contribution in [0.2, 0.25) is 0 Å². The highest BCUT2D eigenvalue weighted by Gasteiger charge is 2.14. The van der Waals surface area contributed by atoms with Gasteiger partial charge in [-0.3, -0.25) is 14.5 Å². The van der Waals surface area contributed by atoms with Gasteiger partial charge in [0.25, 0.3) is 5.91 Å². The fraction of sp³-hybridized carbons (Fsp3) is 0.182. The maximum Gasteiger partial charge on any atom is 0.278 e. The molecule has 0 aliphatic heterocycles. The summed E-state index contributed by atoms with van der Waals surface area (Å²) in [5.74, 6) is -0.322. The minimum Gasteiger partial charge on any atom is -0.396 e. The summed E-state index contributed by atoms with van der Waals surface area (Å²) in [6, 6.07) is 1.73. The van der Waals surface area contributed by atoms with E-state index >= 15 is 0 Å². The van der Waals surface area contributed by atoms with Crippen LogP contribution in [0.5, 0.6) is 0 Å². The smallest absolute Gasteiger partial charge is 0.278 e. The Morgan fingerprint density at radius 3 is 2.88 bits per heavy atom. The molecule has 3 N–H and O–H groups in total. The number of hydrogen-bond acceptors (Lipinski definition) is 4. The Morgan fingerprint density at radius 1 is 1.53 bits per heavy atom. The molecule has 0 fully saturated rings. The molecule has 0 atom stereocenters. The number of pyridine rings is 1. The molecule has 0 bridgehead atoms. The van der Waals surface area contributed by atoms with E-state index in [0.29, 0.717) is 11.4 Å². The summed E-state index contributed by atoms with van der Waals surface area (Å²) in [6.07, 6.45) is 4.89. The minimum absolute atomic E-state index is 0.226. The molecule has 0 saturated heterocycles. The zero-order valence-electron chi connectivity index (χ0n) is 9.64. The Kier molecular flexibility index (Phi) is 2.78. The van der Waals surface area contributed by atoms with Gasteiger partial charge >= 0.3 is 0 Å². The van der Waals surface area contributed by atoms with Crippen LogP contribution < -0.4 is 11.1 Å². The van der Waals surface area contributed by atoms with Crippen molar-refractivity contribution in [2.24, 2.45) is 7.05 Å². The third kappa shape index (κ3) is 2.25. The van der Waals surface area contributed by atoms with Gasteiger partial charge in [0, 0.05) is 31.3 Å². The van der Waals surface area contributed by atoms with Crippen molar-refractivity contribution in [1.82, 2.24) is 14.8 Å². The van der Waals surface area contributed by atoms with Crippen molar-refractivity contribution in [3.8, 4) is 0 Å². The van der Waals surface area contributed by atoms with Crippen molar-refractivity contribution in [2.75, 3.05) is 11.1 Å². The number of nitrogens with two attached hydrogens (primary N) is 1. The van der Waals surface area contributed by atoms with Crippen LogP contribution in [-0.2, 0) is 7.05 Å². The van der Waals surface area contributed by atoms with Gasteiger partial charge in [0.15, 0.2) is 5.69 Å². The average Bonchev–Trinajstić information content (AvgIpc) is 2.61. The van der Waals surface area contributed by atoms with Gasteiger partial charge in [-0.05, 0) is 18.6 Å². The summed E-state index contributed by atoms with van der Waals surface area (Å²) in [6.45, 7) is 1.87. The average molecular weight is 231 g/mol. The quantitative estimate of drug-likeness (QED) is 0.806. The second kappa shape index (κ2) is 4.25. The van der Waals surface area contributed by atoms with Crippen molar-refractivity contribution in [3.05, 3.63) is 35.9 Å². The van der Waals surface area contributed by atoms with Gasteiger partial charge in [0.2, 0.25) is 0 Å². The summed E-state index contributed by atoms with van der Waals surface area (Å²) >= 11 is 0. The molecule has 0 aromatic carbocycles. The monoisotopic (exact) mass is 231 g/mol. The standard InChI is InChI=1S/C11H13N5O/c1-7-5-13-4-3-9(7)14-11(17)10-8(12)6-16(2)15-10/h3-6H,12H2,1-2H3,(H,13,14,17). The molecule has 0 spiro atoms. The number of carbonyl (C=O) groups is 1. The number of nitrogen functional groups attached to an aromatic ring is 1. The van der Waals surface area contributed by atoms with Crippen LogP contribution in [0.4, 0.5) is 11.4 Å². The highest BCUT2D eigenvalue weighted by molar-refractivity contribution is 6.06. The van der Waals surface area contributed by atoms with Gasteiger partial charge < -0.3 is 11.1 Å². The maximum atomic E-state index is 11.9. The van der Waals surface area contributed by atoms with Gasteiger partial charge in [-0.25, -0.2) is 0 Å². The third-order valence-corrected chi connectivity index (χ3v) is 2.34. The van der Waals surface area contributed by atoms with Crippen LogP contribution in [0.25, 0.3) is 0 Å². The highest BCUT2D eigenvalue weighted by atomic mass is 16.2. The molecule has 2 rings (SSSR count). The van der Waals surface area contributed by atoms with E-state index in [4.69, 9.17) is 5.73 Å². The molecule has 6 nitrogen and oxygen atoms in total. The van der Waals surface area contributed by atoms with Gasteiger partial charge in [-0.15, -0.1) is 0 Å². The number of aromatic nitrogens is 3. The Hall–Kier alpha value is -2.37. The van der Waals surface area contributed by atoms with Crippen molar-refractivity contribution in [2.45, 2.75) is 6.92 Å². The van der Waals surface area contributed by atoms with Gasteiger partial charge in [0.05, 0.1) is 5.69 Å². The minimum atomic E-state index is -0.322. The largest absolute Gasteiger partial charge is 0.396 e. The summed E-state index contributed by atoms with van der Waals surface area (Å²) in [5.41, 5.74) is 7.85. The Balaban J connectivity index is 2.23. The zero-order chi connectivity index (χ0) is 12.4. The third-order valence-electron chi connectivity index (χ3n) is 2.34. The molecule has 2 aromatic rings. The number of aryl methyl sites for hydroxylation is 2. The molecular weight excluding hydrogens is 218 g/mol. The fourth-order valence-electron chi connectivity index (χ4n) is 1.48. The van der Waals surface area contributed by atoms with Crippen molar-refractivity contribution < 1.29 is 4.79 Å². The second-order valence-corrected chi connectivity index (χ2v) is 3.75. The van der Waals surface area contributed by atoms with E-state index in [1.165, 1.54) is 4.68 Å². The molecular formula is C11H13N5O. The number of nitrogens with one attached hydrogen (secondary N) is 1. The van der Waals surface area contributed by atoms with Gasteiger partial charge in [-0.2, -0.15) is 5.10 Å². The molecule has 17 heavy (non-hydrogen) atoms. The topological polar surface area (TPSA) is 85.8 Å². The van der Waals surface area contributed by atoms with Crippen LogP contribution >= 0.6 is 0 Å². The van der Waals surface area contributed by atoms with E-state index in [9.17, 15) is 4.79 Å². The number of hydrogen-bond donors (Lipinski definition) is 2. The van der Waals surface area contributed by atoms with Gasteiger partial charge in [-0.1, -0.05) is 0 Å². The molecule has 0 aliphatic carbocycles. The molecule has 0 unspecified atom stereocenters. The van der Waals surface area contributed by atoms with E-state index in [2.05, 4.69) is 15.4 Å². The van der Waals surface area contributed by atoms with E-state index in [-0.39, 0.29) is 11.6 Å². The number of rotatable bonds is 2. The van der Waals surface area contributed by atoms with Crippen LogP contribution in [0.15, 0.2) is 24.7 Å². The lowest BCUT2D eigenvalue weighted by atomic mass is 10.2. The Morgan fingerprint density at radius 2 is 2.29 bits per heavy atom. The highest BCUT2D eigenvalue weighted by Crippen LogP contribution is 2.15. The normalized spacial score (nSPS) is 10.2. The molecule has 2 aromatic heterocycles. The van der Waals surface area contributed by atoms with E-state index < -0.39 is 0 Å². The summed E-state index contributed by atoms with van der Waals surface area (Å²) in [7, 11) is 1.71. The predicted octanol–water partition coefficient (Wildman–Crippen LogP) is 0.958. The van der Waals surface area contributed by atoms with Crippen LogP contribution in [0, 0.1) is 6.92 Å². The van der Waals surface area contributed by atoms with Crippen LogP contribution in [0.3, 0.4) is 0 Å². The SMILES string of the molecule is Cc1cnccc1NC(=O)c1nn(C)cc1N. The van der Waals surface area contributed by atoms with Gasteiger partial charge in [0.1, 0.15) is 0 Å². The summed E-state index contributed by atoms with van der Waals surface area (Å²) < 4.78 is 1.50. The first kappa shape index (κ1) is 11.1. The van der Waals surface area contributed by atoms with Crippen molar-refractivity contribution in [1.29, 1.82) is 0 Å². The lowest BCUT2D eigenvalue weighted by molar-refractivity contribution is 0.102. The molecule has 0 radical (unpaired) electrons. The first-order valence-electron chi connectivity index (χ1n) is 5.09. The van der Waals surface area contributed by atoms with E-state index in [0.717, 1.165) is 5.56 Å². The molecule has 0 saturated carbocycles. The first-order valence-corrected chi connectivity index (χ1v) is 5.09. The molecule has 88 valence electrons. The van der Waals surface area contributed by atoms with Crippen LogP contribution in [-0.4, -0.2) is 20.7 Å². The number of nitrogens with zero attached hydrogens (tertiary/aromatic N) is 3. The number of carbonyl (C=O) groups excluding carboxylic acids is 1. The molecule has 1 amide bonds.